The molecule has 1 atom stereocenters. The Morgan fingerprint density at radius 2 is 2.08 bits per heavy atom. The smallest absolute Gasteiger partial charge is 0.337 e. The molecule has 3 N–H and O–H groups in total. The van der Waals surface area contributed by atoms with Crippen molar-refractivity contribution in [3.8, 4) is 0 Å². The summed E-state index contributed by atoms with van der Waals surface area (Å²) in [5.41, 5.74) is 1.81. The first-order chi connectivity index (χ1) is 12.3. The highest BCUT2D eigenvalue weighted by atomic mass is 32.2. The molecule has 0 spiro atoms. The molecule has 1 aromatic rings. The number of anilines is 1. The summed E-state index contributed by atoms with van der Waals surface area (Å²) in [6.45, 7) is 4.28. The van der Waals surface area contributed by atoms with Crippen LogP contribution in [-0.2, 0) is 10.0 Å². The SMILES string of the molecule is CC[C@H](C)NS(=O)(=O)c1ccc(NCCC2=CCCCC2)c(C(=O)O)c1. The Morgan fingerprint density at radius 3 is 2.69 bits per heavy atom. The van der Waals surface area contributed by atoms with Gasteiger partial charge in [-0.2, -0.15) is 0 Å². The van der Waals surface area contributed by atoms with Gasteiger partial charge in [0.05, 0.1) is 10.5 Å². The molecule has 1 aliphatic carbocycles. The quantitative estimate of drug-likeness (QED) is 0.567. The molecule has 0 bridgehead atoms. The highest BCUT2D eigenvalue weighted by Gasteiger charge is 2.20. The number of aromatic carboxylic acids is 1. The van der Waals surface area contributed by atoms with Crippen molar-refractivity contribution in [3.63, 3.8) is 0 Å². The fourth-order valence-corrected chi connectivity index (χ4v) is 4.28. The maximum Gasteiger partial charge on any atom is 0.337 e. The van der Waals surface area contributed by atoms with Gasteiger partial charge in [-0.15, -0.1) is 0 Å². The van der Waals surface area contributed by atoms with E-state index in [4.69, 9.17) is 0 Å². The van der Waals surface area contributed by atoms with Crippen molar-refractivity contribution in [2.75, 3.05) is 11.9 Å². The highest BCUT2D eigenvalue weighted by Crippen LogP contribution is 2.23. The van der Waals surface area contributed by atoms with Crippen molar-refractivity contribution in [2.24, 2.45) is 0 Å². The summed E-state index contributed by atoms with van der Waals surface area (Å²) in [5.74, 6) is -1.15. The zero-order valence-electron chi connectivity index (χ0n) is 15.4. The molecule has 0 fully saturated rings. The fraction of sp³-hybridized carbons (Fsp3) is 0.526. The summed E-state index contributed by atoms with van der Waals surface area (Å²) in [6, 6.07) is 3.98. The zero-order chi connectivity index (χ0) is 19.2. The van der Waals surface area contributed by atoms with E-state index in [1.807, 2.05) is 6.92 Å². The van der Waals surface area contributed by atoms with Gasteiger partial charge in [0.1, 0.15) is 0 Å². The minimum atomic E-state index is -3.73. The van der Waals surface area contributed by atoms with Crippen LogP contribution in [0.2, 0.25) is 0 Å². The average Bonchev–Trinajstić information content (AvgIpc) is 2.62. The van der Waals surface area contributed by atoms with Crippen LogP contribution in [0.1, 0.15) is 62.7 Å². The third kappa shape index (κ3) is 5.57. The number of nitrogens with one attached hydrogen (secondary N) is 2. The topological polar surface area (TPSA) is 95.5 Å². The molecule has 1 aromatic carbocycles. The van der Waals surface area contributed by atoms with Gasteiger partial charge < -0.3 is 10.4 Å². The number of hydrogen-bond acceptors (Lipinski definition) is 4. The largest absolute Gasteiger partial charge is 0.478 e. The minimum absolute atomic E-state index is 0.0317. The predicted molar refractivity (Wildman–Crippen MR) is 103 cm³/mol. The Morgan fingerprint density at radius 1 is 1.31 bits per heavy atom. The van der Waals surface area contributed by atoms with Gasteiger partial charge in [0.2, 0.25) is 10.0 Å². The van der Waals surface area contributed by atoms with Crippen LogP contribution in [0.15, 0.2) is 34.7 Å². The van der Waals surface area contributed by atoms with E-state index in [0.717, 1.165) is 19.3 Å². The number of allylic oxidation sites excluding steroid dienone is 1. The third-order valence-corrected chi connectivity index (χ3v) is 6.23. The second-order valence-electron chi connectivity index (χ2n) is 6.73. The lowest BCUT2D eigenvalue weighted by atomic mass is 9.97. The summed E-state index contributed by atoms with van der Waals surface area (Å²) >= 11 is 0. The second kappa shape index (κ2) is 9.19. The number of carboxylic acid groups (broad SMARTS) is 1. The normalized spacial score (nSPS) is 16.0. The van der Waals surface area contributed by atoms with Gasteiger partial charge in [-0.25, -0.2) is 17.9 Å². The van der Waals surface area contributed by atoms with Crippen LogP contribution < -0.4 is 10.0 Å². The van der Waals surface area contributed by atoms with E-state index in [1.165, 1.54) is 36.6 Å². The van der Waals surface area contributed by atoms with Crippen LogP contribution in [0.4, 0.5) is 5.69 Å². The lowest BCUT2D eigenvalue weighted by Crippen LogP contribution is -2.32. The van der Waals surface area contributed by atoms with Gasteiger partial charge in [0.15, 0.2) is 0 Å². The van der Waals surface area contributed by atoms with Gasteiger partial charge in [0.25, 0.3) is 0 Å². The first kappa shape index (κ1) is 20.5. The van der Waals surface area contributed by atoms with Crippen LogP contribution in [0.25, 0.3) is 0 Å². The summed E-state index contributed by atoms with van der Waals surface area (Å²) in [4.78, 5) is 11.5. The van der Waals surface area contributed by atoms with Crippen molar-refractivity contribution in [1.82, 2.24) is 4.72 Å². The van der Waals surface area contributed by atoms with E-state index in [9.17, 15) is 18.3 Å². The van der Waals surface area contributed by atoms with Crippen molar-refractivity contribution >= 4 is 21.7 Å². The number of sulfonamides is 1. The summed E-state index contributed by atoms with van der Waals surface area (Å²) in [5, 5.41) is 12.6. The molecule has 2 rings (SSSR count). The molecule has 1 aliphatic rings. The Balaban J connectivity index is 2.12. The van der Waals surface area contributed by atoms with Gasteiger partial charge in [0, 0.05) is 18.3 Å². The van der Waals surface area contributed by atoms with Crippen LogP contribution in [-0.4, -0.2) is 32.1 Å². The van der Waals surface area contributed by atoms with Gasteiger partial charge in [-0.3, -0.25) is 0 Å². The lowest BCUT2D eigenvalue weighted by molar-refractivity contribution is 0.0697. The Hall–Kier alpha value is -1.86. The predicted octanol–water partition coefficient (Wildman–Crippen LogP) is 3.76. The Labute approximate surface area is 155 Å². The number of benzene rings is 1. The van der Waals surface area contributed by atoms with Crippen LogP contribution in [0.5, 0.6) is 0 Å². The molecule has 26 heavy (non-hydrogen) atoms. The van der Waals surface area contributed by atoms with Gasteiger partial charge in [-0.1, -0.05) is 18.6 Å². The molecule has 0 heterocycles. The highest BCUT2D eigenvalue weighted by molar-refractivity contribution is 7.89. The summed E-state index contributed by atoms with van der Waals surface area (Å²) in [6.07, 6.45) is 8.45. The van der Waals surface area contributed by atoms with E-state index in [2.05, 4.69) is 16.1 Å². The van der Waals surface area contributed by atoms with E-state index in [-0.39, 0.29) is 16.5 Å². The second-order valence-corrected chi connectivity index (χ2v) is 8.44. The maximum absolute atomic E-state index is 12.4. The fourth-order valence-electron chi connectivity index (χ4n) is 2.93. The monoisotopic (exact) mass is 380 g/mol. The van der Waals surface area contributed by atoms with E-state index in [1.54, 1.807) is 6.92 Å². The van der Waals surface area contributed by atoms with Crippen molar-refractivity contribution in [3.05, 3.63) is 35.4 Å². The molecule has 0 amide bonds. The van der Waals surface area contributed by atoms with E-state index >= 15 is 0 Å². The molecule has 0 saturated carbocycles. The van der Waals surface area contributed by atoms with Gasteiger partial charge >= 0.3 is 5.97 Å². The van der Waals surface area contributed by atoms with Crippen molar-refractivity contribution < 1.29 is 18.3 Å². The first-order valence-electron chi connectivity index (χ1n) is 9.15. The first-order valence-corrected chi connectivity index (χ1v) is 10.6. The Kier molecular flexibility index (Phi) is 7.23. The molecule has 0 unspecified atom stereocenters. The molecule has 144 valence electrons. The van der Waals surface area contributed by atoms with Crippen LogP contribution in [0, 0.1) is 0 Å². The number of carbonyl (C=O) groups is 1. The minimum Gasteiger partial charge on any atom is -0.478 e. The summed E-state index contributed by atoms with van der Waals surface area (Å²) in [7, 11) is -3.73. The average molecular weight is 381 g/mol. The molecule has 6 nitrogen and oxygen atoms in total. The standard InChI is InChI=1S/C19H28N2O4S/c1-3-14(2)21-26(24,25)16-9-10-18(17(13-16)19(22)23)20-12-11-15-7-5-4-6-8-15/h7,9-10,13-14,20-21H,3-6,8,11-12H2,1-2H3,(H,22,23)/t14-/m0/s1. The van der Waals surface area contributed by atoms with E-state index in [0.29, 0.717) is 18.7 Å². The molecular weight excluding hydrogens is 352 g/mol. The lowest BCUT2D eigenvalue weighted by Gasteiger charge is -2.16. The van der Waals surface area contributed by atoms with E-state index < -0.39 is 16.0 Å². The number of hydrogen-bond donors (Lipinski definition) is 3. The molecule has 7 heteroatoms. The zero-order valence-corrected chi connectivity index (χ0v) is 16.2. The number of rotatable bonds is 9. The van der Waals surface area contributed by atoms with Crippen molar-refractivity contribution in [1.29, 1.82) is 0 Å². The Bertz CT molecular complexity index is 772. The van der Waals surface area contributed by atoms with Crippen molar-refractivity contribution in [2.45, 2.75) is 63.3 Å². The molecule has 0 radical (unpaired) electrons. The third-order valence-electron chi connectivity index (χ3n) is 4.65. The van der Waals surface area contributed by atoms with Crippen LogP contribution >= 0.6 is 0 Å². The molecule has 0 saturated heterocycles. The summed E-state index contributed by atoms with van der Waals surface area (Å²) < 4.78 is 27.3. The number of carboxylic acids is 1. The van der Waals surface area contributed by atoms with Gasteiger partial charge in [-0.05, 0) is 63.6 Å². The molecule has 0 aliphatic heterocycles. The molecule has 0 aromatic heterocycles. The molecular formula is C19H28N2O4S. The van der Waals surface area contributed by atoms with Crippen LogP contribution in [0.3, 0.4) is 0 Å². The maximum atomic E-state index is 12.4.